The summed E-state index contributed by atoms with van der Waals surface area (Å²) in [6.07, 6.45) is 2.32. The summed E-state index contributed by atoms with van der Waals surface area (Å²) in [6.45, 7) is 3.89. The molecule has 1 amide bonds. The van der Waals surface area contributed by atoms with E-state index in [0.29, 0.717) is 12.0 Å². The highest BCUT2D eigenvalue weighted by Crippen LogP contribution is 2.18. The summed E-state index contributed by atoms with van der Waals surface area (Å²) in [7, 11) is 1.32. The first-order chi connectivity index (χ1) is 11.0. The van der Waals surface area contributed by atoms with Crippen molar-refractivity contribution in [3.8, 4) is 0 Å². The van der Waals surface area contributed by atoms with Gasteiger partial charge in [-0.3, -0.25) is 4.79 Å². The van der Waals surface area contributed by atoms with Crippen LogP contribution in [0.25, 0.3) is 10.8 Å². The maximum absolute atomic E-state index is 12.6. The van der Waals surface area contributed by atoms with E-state index in [1.807, 2.05) is 56.3 Å². The molecule has 0 bridgehead atoms. The number of methoxy groups -OCH3 is 1. The molecule has 23 heavy (non-hydrogen) atoms. The monoisotopic (exact) mass is 311 g/mol. The molecule has 0 aliphatic carbocycles. The largest absolute Gasteiger partial charge is 0.467 e. The van der Waals surface area contributed by atoms with Crippen LogP contribution in [0.4, 0.5) is 0 Å². The Kier molecular flexibility index (Phi) is 5.52. The smallest absolute Gasteiger partial charge is 0.328 e. The van der Waals surface area contributed by atoms with Gasteiger partial charge in [0.05, 0.1) is 7.11 Å². The zero-order chi connectivity index (χ0) is 16.8. The molecule has 4 nitrogen and oxygen atoms in total. The fourth-order valence-corrected chi connectivity index (χ4v) is 2.37. The number of carbonyl (C=O) groups excluding carboxylic acids is 2. The van der Waals surface area contributed by atoms with Crippen LogP contribution in [0.15, 0.2) is 54.1 Å². The van der Waals surface area contributed by atoms with Crippen molar-refractivity contribution in [3.05, 3.63) is 59.7 Å². The van der Waals surface area contributed by atoms with Gasteiger partial charge < -0.3 is 10.1 Å². The van der Waals surface area contributed by atoms with E-state index in [0.717, 1.165) is 16.3 Å². The minimum Gasteiger partial charge on any atom is -0.467 e. The second-order valence-electron chi connectivity index (χ2n) is 5.59. The summed E-state index contributed by atoms with van der Waals surface area (Å²) in [5.74, 6) is -0.726. The number of hydrogen-bond donors (Lipinski definition) is 1. The van der Waals surface area contributed by atoms with Gasteiger partial charge in [-0.05, 0) is 37.1 Å². The van der Waals surface area contributed by atoms with Crippen LogP contribution in [-0.2, 0) is 9.53 Å². The number of rotatable bonds is 5. The summed E-state index contributed by atoms with van der Waals surface area (Å²) in [4.78, 5) is 24.5. The van der Waals surface area contributed by atoms with Crippen LogP contribution in [0.2, 0.25) is 0 Å². The van der Waals surface area contributed by atoms with E-state index in [-0.39, 0.29) is 5.91 Å². The number of benzene rings is 2. The van der Waals surface area contributed by atoms with Gasteiger partial charge in [0.2, 0.25) is 0 Å². The average Bonchev–Trinajstić information content (AvgIpc) is 2.56. The third-order valence-corrected chi connectivity index (χ3v) is 3.59. The molecule has 0 spiro atoms. The molecular weight excluding hydrogens is 290 g/mol. The molecule has 0 unspecified atom stereocenters. The zero-order valence-electron chi connectivity index (χ0n) is 13.6. The second kappa shape index (κ2) is 7.58. The summed E-state index contributed by atoms with van der Waals surface area (Å²) >= 11 is 0. The number of ether oxygens (including phenoxy) is 1. The van der Waals surface area contributed by atoms with Gasteiger partial charge >= 0.3 is 5.97 Å². The van der Waals surface area contributed by atoms with Crippen molar-refractivity contribution >= 4 is 22.6 Å². The molecule has 2 aromatic rings. The first-order valence-electron chi connectivity index (χ1n) is 7.52. The highest BCUT2D eigenvalue weighted by molar-refractivity contribution is 6.07. The molecule has 0 fully saturated rings. The minimum atomic E-state index is -0.693. The molecule has 1 N–H and O–H groups in total. The standard InChI is InChI=1S/C19H21NO3/c1-13(2)11-12-17(19(22)23-3)20-18(21)16-10-6-8-14-7-4-5-9-15(14)16/h4-11,17H,12H2,1-3H3,(H,20,21)/t17-/m1/s1. The van der Waals surface area contributed by atoms with E-state index >= 15 is 0 Å². The molecule has 0 radical (unpaired) electrons. The van der Waals surface area contributed by atoms with E-state index in [4.69, 9.17) is 4.74 Å². The van der Waals surface area contributed by atoms with Gasteiger partial charge in [0.15, 0.2) is 0 Å². The Morgan fingerprint density at radius 3 is 2.52 bits per heavy atom. The fraction of sp³-hybridized carbons (Fsp3) is 0.263. The zero-order valence-corrected chi connectivity index (χ0v) is 13.6. The third kappa shape index (κ3) is 4.19. The van der Waals surface area contributed by atoms with Crippen molar-refractivity contribution in [2.24, 2.45) is 0 Å². The highest BCUT2D eigenvalue weighted by Gasteiger charge is 2.21. The lowest BCUT2D eigenvalue weighted by molar-refractivity contribution is -0.142. The van der Waals surface area contributed by atoms with Crippen molar-refractivity contribution < 1.29 is 14.3 Å². The summed E-state index contributed by atoms with van der Waals surface area (Å²) in [6, 6.07) is 12.5. The maximum atomic E-state index is 12.6. The Morgan fingerprint density at radius 2 is 1.83 bits per heavy atom. The number of hydrogen-bond acceptors (Lipinski definition) is 3. The van der Waals surface area contributed by atoms with Crippen molar-refractivity contribution in [1.82, 2.24) is 5.32 Å². The van der Waals surface area contributed by atoms with Gasteiger partial charge in [-0.2, -0.15) is 0 Å². The summed E-state index contributed by atoms with van der Waals surface area (Å²) < 4.78 is 4.79. The Bertz CT molecular complexity index is 740. The maximum Gasteiger partial charge on any atom is 0.328 e. The van der Waals surface area contributed by atoms with Gasteiger partial charge in [0.25, 0.3) is 5.91 Å². The van der Waals surface area contributed by atoms with Crippen LogP contribution in [-0.4, -0.2) is 25.0 Å². The molecule has 0 heterocycles. The van der Waals surface area contributed by atoms with E-state index in [1.54, 1.807) is 6.07 Å². The van der Waals surface area contributed by atoms with Gasteiger partial charge in [0, 0.05) is 5.56 Å². The molecular formula is C19H21NO3. The van der Waals surface area contributed by atoms with Crippen molar-refractivity contribution in [3.63, 3.8) is 0 Å². The van der Waals surface area contributed by atoms with Crippen LogP contribution >= 0.6 is 0 Å². The Hall–Kier alpha value is -2.62. The van der Waals surface area contributed by atoms with E-state index in [9.17, 15) is 9.59 Å². The van der Waals surface area contributed by atoms with Gasteiger partial charge in [-0.25, -0.2) is 4.79 Å². The molecule has 0 saturated carbocycles. The Morgan fingerprint density at radius 1 is 1.13 bits per heavy atom. The number of amides is 1. The van der Waals surface area contributed by atoms with Crippen LogP contribution < -0.4 is 5.32 Å². The van der Waals surface area contributed by atoms with Crippen LogP contribution in [0, 0.1) is 0 Å². The molecule has 0 aromatic heterocycles. The van der Waals surface area contributed by atoms with Gasteiger partial charge in [0.1, 0.15) is 6.04 Å². The Labute approximate surface area is 136 Å². The molecule has 2 rings (SSSR count). The van der Waals surface area contributed by atoms with Crippen molar-refractivity contribution in [2.45, 2.75) is 26.3 Å². The quantitative estimate of drug-likeness (QED) is 0.679. The van der Waals surface area contributed by atoms with E-state index in [2.05, 4.69) is 5.32 Å². The molecule has 2 aromatic carbocycles. The van der Waals surface area contributed by atoms with Gasteiger partial charge in [-0.15, -0.1) is 0 Å². The SMILES string of the molecule is COC(=O)[C@@H](CC=C(C)C)NC(=O)c1cccc2ccccc12. The molecule has 120 valence electrons. The second-order valence-corrected chi connectivity index (χ2v) is 5.59. The number of nitrogens with one attached hydrogen (secondary N) is 1. The van der Waals surface area contributed by atoms with E-state index < -0.39 is 12.0 Å². The predicted octanol–water partition coefficient (Wildman–Crippen LogP) is 3.47. The molecule has 0 saturated heterocycles. The highest BCUT2D eigenvalue weighted by atomic mass is 16.5. The lowest BCUT2D eigenvalue weighted by Gasteiger charge is -2.16. The molecule has 0 aliphatic rings. The van der Waals surface area contributed by atoms with E-state index in [1.165, 1.54) is 7.11 Å². The topological polar surface area (TPSA) is 55.4 Å². The normalized spacial score (nSPS) is 11.6. The fourth-order valence-electron chi connectivity index (χ4n) is 2.37. The molecule has 0 aliphatic heterocycles. The van der Waals surface area contributed by atoms with Crippen molar-refractivity contribution in [1.29, 1.82) is 0 Å². The first kappa shape index (κ1) is 16.7. The molecule has 4 heteroatoms. The lowest BCUT2D eigenvalue weighted by atomic mass is 10.0. The minimum absolute atomic E-state index is 0.278. The Balaban J connectivity index is 2.26. The van der Waals surface area contributed by atoms with Crippen LogP contribution in [0.1, 0.15) is 30.6 Å². The number of allylic oxidation sites excluding steroid dienone is 1. The lowest BCUT2D eigenvalue weighted by Crippen LogP contribution is -2.41. The average molecular weight is 311 g/mol. The predicted molar refractivity (Wildman–Crippen MR) is 91.3 cm³/mol. The van der Waals surface area contributed by atoms with Crippen LogP contribution in [0.3, 0.4) is 0 Å². The van der Waals surface area contributed by atoms with Crippen molar-refractivity contribution in [2.75, 3.05) is 7.11 Å². The van der Waals surface area contributed by atoms with Crippen LogP contribution in [0.5, 0.6) is 0 Å². The third-order valence-electron chi connectivity index (χ3n) is 3.59. The van der Waals surface area contributed by atoms with Gasteiger partial charge in [-0.1, -0.05) is 48.0 Å². The number of carbonyl (C=O) groups is 2. The molecule has 1 atom stereocenters. The summed E-state index contributed by atoms with van der Waals surface area (Å²) in [5, 5.41) is 4.62. The number of esters is 1. The summed E-state index contributed by atoms with van der Waals surface area (Å²) in [5.41, 5.74) is 1.63. The number of fused-ring (bicyclic) bond motifs is 1. The first-order valence-corrected chi connectivity index (χ1v) is 7.52.